The van der Waals surface area contributed by atoms with Gasteiger partial charge in [0.15, 0.2) is 0 Å². The third-order valence-corrected chi connectivity index (χ3v) is 5.41. The summed E-state index contributed by atoms with van der Waals surface area (Å²) in [4.78, 5) is 25.0. The maximum absolute atomic E-state index is 12.8. The molecule has 127 valence electrons. The molecule has 0 saturated carbocycles. The van der Waals surface area contributed by atoms with Crippen LogP contribution in [0.5, 0.6) is 0 Å². The van der Waals surface area contributed by atoms with Gasteiger partial charge in [-0.2, -0.15) is 0 Å². The van der Waals surface area contributed by atoms with Crippen LogP contribution in [0, 0.1) is 19.9 Å². The zero-order valence-electron chi connectivity index (χ0n) is 14.2. The van der Waals surface area contributed by atoms with Crippen molar-refractivity contribution in [3.63, 3.8) is 0 Å². The summed E-state index contributed by atoms with van der Waals surface area (Å²) in [7, 11) is 0. The Morgan fingerprint density at radius 2 is 2.00 bits per heavy atom. The smallest absolute Gasteiger partial charge is 0.255 e. The molecule has 1 fully saturated rings. The van der Waals surface area contributed by atoms with E-state index in [-0.39, 0.29) is 5.91 Å². The van der Waals surface area contributed by atoms with Gasteiger partial charge < -0.3 is 9.64 Å². The summed E-state index contributed by atoms with van der Waals surface area (Å²) in [6, 6.07) is 10.7. The molecular weight excluding hydrogens is 334 g/mol. The summed E-state index contributed by atoms with van der Waals surface area (Å²) < 4.78 is 5.33. The molecule has 0 aliphatic carbocycles. The number of aromatic nitrogens is 2. The Morgan fingerprint density at radius 3 is 2.72 bits per heavy atom. The van der Waals surface area contributed by atoms with E-state index >= 15 is 0 Å². The number of pyridine rings is 1. The van der Waals surface area contributed by atoms with Crippen molar-refractivity contribution in [2.45, 2.75) is 13.8 Å². The first kappa shape index (κ1) is 16.2. The minimum atomic E-state index is -0.00624. The average Bonchev–Trinajstić information content (AvgIpc) is 2.99. The number of carbonyl (C=O) groups is 1. The van der Waals surface area contributed by atoms with E-state index in [1.54, 1.807) is 17.4 Å². The van der Waals surface area contributed by atoms with Crippen molar-refractivity contribution >= 4 is 28.1 Å². The van der Waals surface area contributed by atoms with E-state index in [0.717, 1.165) is 32.2 Å². The second kappa shape index (κ2) is 6.54. The molecule has 1 saturated heterocycles. The van der Waals surface area contributed by atoms with E-state index in [2.05, 4.69) is 11.1 Å². The summed E-state index contributed by atoms with van der Waals surface area (Å²) in [5.41, 5.74) is 3.27. The summed E-state index contributed by atoms with van der Waals surface area (Å²) in [6.07, 6.45) is 0. The first-order valence-electron chi connectivity index (χ1n) is 8.26. The molecule has 4 rings (SSSR count). The molecule has 0 unspecified atom stereocenters. The Bertz CT molecular complexity index is 945. The number of aryl methyl sites for hydroxylation is 2. The van der Waals surface area contributed by atoms with Crippen molar-refractivity contribution in [1.82, 2.24) is 14.9 Å². The van der Waals surface area contributed by atoms with Gasteiger partial charge in [-0.3, -0.25) is 4.79 Å². The largest absolute Gasteiger partial charge is 0.378 e. The van der Waals surface area contributed by atoms with Gasteiger partial charge in [0.05, 0.1) is 45.6 Å². The third kappa shape index (κ3) is 3.03. The molecule has 25 heavy (non-hydrogen) atoms. The highest BCUT2D eigenvalue weighted by molar-refractivity contribution is 7.15. The van der Waals surface area contributed by atoms with Crippen molar-refractivity contribution in [3.05, 3.63) is 46.6 Å². The lowest BCUT2D eigenvalue weighted by molar-refractivity contribution is 0.0304. The van der Waals surface area contributed by atoms with Crippen LogP contribution in [0.2, 0.25) is 0 Å². The van der Waals surface area contributed by atoms with Crippen LogP contribution in [0.1, 0.15) is 21.1 Å². The van der Waals surface area contributed by atoms with Gasteiger partial charge in [-0.15, -0.1) is 11.3 Å². The van der Waals surface area contributed by atoms with Gasteiger partial charge in [-0.05, 0) is 38.1 Å². The monoisotopic (exact) mass is 352 g/mol. The summed E-state index contributed by atoms with van der Waals surface area (Å²) in [5.74, 6) is -0.00624. The topological polar surface area (TPSA) is 55.3 Å². The van der Waals surface area contributed by atoms with Crippen LogP contribution in [-0.2, 0) is 4.74 Å². The van der Waals surface area contributed by atoms with Crippen molar-refractivity contribution in [2.24, 2.45) is 0 Å². The molecule has 0 bridgehead atoms. The van der Waals surface area contributed by atoms with E-state index in [1.165, 1.54) is 0 Å². The van der Waals surface area contributed by atoms with Crippen molar-refractivity contribution in [2.75, 3.05) is 26.3 Å². The molecular formula is C19H18N3O2S. The number of nitrogens with zero attached hydrogens (tertiary/aromatic N) is 3. The molecule has 6 heteroatoms. The first-order chi connectivity index (χ1) is 12.1. The molecule has 5 nitrogen and oxygen atoms in total. The van der Waals surface area contributed by atoms with Gasteiger partial charge in [0.2, 0.25) is 0 Å². The van der Waals surface area contributed by atoms with E-state index in [0.29, 0.717) is 31.9 Å². The molecule has 3 heterocycles. The number of benzene rings is 1. The molecule has 1 aromatic carbocycles. The number of ether oxygens (including phenoxy) is 1. The molecule has 1 aliphatic rings. The van der Waals surface area contributed by atoms with E-state index in [1.807, 2.05) is 36.9 Å². The number of fused-ring (bicyclic) bond motifs is 1. The summed E-state index contributed by atoms with van der Waals surface area (Å²) >= 11 is 1.64. The molecule has 1 radical (unpaired) electrons. The van der Waals surface area contributed by atoms with E-state index in [4.69, 9.17) is 9.72 Å². The number of rotatable bonds is 2. The van der Waals surface area contributed by atoms with Gasteiger partial charge in [0.1, 0.15) is 0 Å². The summed E-state index contributed by atoms with van der Waals surface area (Å²) in [5, 5.41) is 1.86. The molecule has 1 amide bonds. The van der Waals surface area contributed by atoms with Crippen LogP contribution >= 0.6 is 11.3 Å². The molecule has 1 aliphatic heterocycles. The standard InChI is InChI=1S/C19H18N3O2S/c1-12-18(25-13(2)20-12)17-7-6-14-15(4-3-5-16(14)21-17)19(23)22-8-10-24-11-9-22/h3,5-7H,8-11H2,1-2H3. The van der Waals surface area contributed by atoms with Crippen LogP contribution in [-0.4, -0.2) is 47.1 Å². The van der Waals surface area contributed by atoms with Crippen molar-refractivity contribution < 1.29 is 9.53 Å². The lowest BCUT2D eigenvalue weighted by Gasteiger charge is -2.27. The fourth-order valence-corrected chi connectivity index (χ4v) is 3.98. The number of amides is 1. The maximum Gasteiger partial charge on any atom is 0.255 e. The number of hydrogen-bond acceptors (Lipinski definition) is 5. The van der Waals surface area contributed by atoms with Gasteiger partial charge in [0.25, 0.3) is 5.91 Å². The lowest BCUT2D eigenvalue weighted by Crippen LogP contribution is -2.40. The quantitative estimate of drug-likeness (QED) is 0.710. The Morgan fingerprint density at radius 1 is 1.20 bits per heavy atom. The van der Waals surface area contributed by atoms with Crippen LogP contribution in [0.15, 0.2) is 24.3 Å². The SMILES string of the molecule is Cc1nc(C)c(-c2ccc3c(C(=O)N4CCOCC4)[c]ccc3n2)s1. The highest BCUT2D eigenvalue weighted by atomic mass is 32.1. The predicted molar refractivity (Wildman–Crippen MR) is 97.9 cm³/mol. The Balaban J connectivity index is 1.75. The lowest BCUT2D eigenvalue weighted by atomic mass is 10.1. The van der Waals surface area contributed by atoms with Crippen LogP contribution < -0.4 is 0 Å². The van der Waals surface area contributed by atoms with Crippen LogP contribution in [0.4, 0.5) is 0 Å². The predicted octanol–water partition coefficient (Wildman–Crippen LogP) is 3.25. The molecule has 2 aromatic heterocycles. The molecule has 0 atom stereocenters. The maximum atomic E-state index is 12.8. The Labute approximate surface area is 150 Å². The number of carbonyl (C=O) groups excluding carboxylic acids is 1. The molecule has 0 spiro atoms. The second-order valence-electron chi connectivity index (χ2n) is 6.03. The van der Waals surface area contributed by atoms with E-state index < -0.39 is 0 Å². The van der Waals surface area contributed by atoms with Crippen LogP contribution in [0.25, 0.3) is 21.5 Å². The highest BCUT2D eigenvalue weighted by Gasteiger charge is 2.21. The van der Waals surface area contributed by atoms with Crippen molar-refractivity contribution in [1.29, 1.82) is 0 Å². The van der Waals surface area contributed by atoms with Gasteiger partial charge >= 0.3 is 0 Å². The zero-order chi connectivity index (χ0) is 17.4. The highest BCUT2D eigenvalue weighted by Crippen LogP contribution is 2.30. The van der Waals surface area contributed by atoms with Gasteiger partial charge in [-0.1, -0.05) is 6.07 Å². The Hall–Kier alpha value is -2.31. The first-order valence-corrected chi connectivity index (χ1v) is 9.08. The van der Waals surface area contributed by atoms with Crippen molar-refractivity contribution in [3.8, 4) is 10.6 Å². The number of thiazole rings is 1. The molecule has 0 N–H and O–H groups in total. The van der Waals surface area contributed by atoms with Crippen LogP contribution in [0.3, 0.4) is 0 Å². The number of morpholine rings is 1. The zero-order valence-corrected chi connectivity index (χ0v) is 15.0. The average molecular weight is 352 g/mol. The molecule has 3 aromatic rings. The second-order valence-corrected chi connectivity index (χ2v) is 7.24. The van der Waals surface area contributed by atoms with E-state index in [9.17, 15) is 4.79 Å². The fraction of sp³-hybridized carbons (Fsp3) is 0.316. The summed E-state index contributed by atoms with van der Waals surface area (Å²) in [6.45, 7) is 6.40. The normalized spacial score (nSPS) is 14.9. The third-order valence-electron chi connectivity index (χ3n) is 4.31. The van der Waals surface area contributed by atoms with Gasteiger partial charge in [-0.25, -0.2) is 9.97 Å². The Kier molecular flexibility index (Phi) is 4.23. The van der Waals surface area contributed by atoms with Gasteiger partial charge in [0, 0.05) is 18.5 Å². The number of hydrogen-bond donors (Lipinski definition) is 0. The minimum Gasteiger partial charge on any atom is -0.378 e. The fourth-order valence-electron chi connectivity index (χ4n) is 3.09. The minimum absolute atomic E-state index is 0.00624.